The zero-order valence-electron chi connectivity index (χ0n) is 5.41. The van der Waals surface area contributed by atoms with Crippen molar-refractivity contribution >= 4 is 0 Å². The van der Waals surface area contributed by atoms with Gasteiger partial charge in [-0.05, 0) is 6.42 Å². The summed E-state index contributed by atoms with van der Waals surface area (Å²) in [6.45, 7) is 3.01. The Morgan fingerprint density at radius 3 is 2.67 bits per heavy atom. The highest BCUT2D eigenvalue weighted by Crippen LogP contribution is 1.73. The number of rotatable bonds is 3. The van der Waals surface area contributed by atoms with Gasteiger partial charge in [-0.25, -0.2) is 0 Å². The van der Waals surface area contributed by atoms with E-state index in [1.807, 2.05) is 0 Å². The van der Waals surface area contributed by atoms with Crippen molar-refractivity contribution in [3.05, 3.63) is 12.4 Å². The second kappa shape index (κ2) is 3.06. The van der Waals surface area contributed by atoms with E-state index >= 15 is 0 Å². The van der Waals surface area contributed by atoms with Crippen LogP contribution in [0.1, 0.15) is 13.3 Å². The smallest absolute Gasteiger partial charge is 0.0714 e. The zero-order chi connectivity index (χ0) is 6.53. The fourth-order valence-electron chi connectivity index (χ4n) is 0.509. The van der Waals surface area contributed by atoms with Crippen molar-refractivity contribution in [2.24, 2.45) is 0 Å². The second-order valence-electron chi connectivity index (χ2n) is 1.73. The Morgan fingerprint density at radius 2 is 2.11 bits per heavy atom. The van der Waals surface area contributed by atoms with E-state index in [4.69, 9.17) is 0 Å². The lowest BCUT2D eigenvalue weighted by molar-refractivity contribution is 0.631. The molecular formula is C5H10N4. The van der Waals surface area contributed by atoms with Crippen molar-refractivity contribution in [3.63, 3.8) is 0 Å². The molecule has 0 aromatic carbocycles. The van der Waals surface area contributed by atoms with Crippen LogP contribution < -0.4 is 5.43 Å². The minimum Gasteiger partial charge on any atom is -0.293 e. The van der Waals surface area contributed by atoms with Gasteiger partial charge in [0.25, 0.3) is 0 Å². The summed E-state index contributed by atoms with van der Waals surface area (Å²) in [5, 5.41) is 7.70. The summed E-state index contributed by atoms with van der Waals surface area (Å²) in [6, 6.07) is 0. The predicted octanol–water partition coefficient (Wildman–Crippen LogP) is 0.232. The van der Waals surface area contributed by atoms with Gasteiger partial charge in [0.1, 0.15) is 0 Å². The van der Waals surface area contributed by atoms with Crippen LogP contribution in [0.4, 0.5) is 0 Å². The number of hydrogen-bond donors (Lipinski definition) is 1. The maximum Gasteiger partial charge on any atom is 0.0714 e. The van der Waals surface area contributed by atoms with Crippen LogP contribution in [0.5, 0.6) is 0 Å². The maximum atomic E-state index is 3.85. The lowest BCUT2D eigenvalue weighted by Crippen LogP contribution is -2.17. The maximum absolute atomic E-state index is 3.85. The molecule has 1 aromatic heterocycles. The third kappa shape index (κ3) is 1.71. The Bertz CT molecular complexity index is 146. The first kappa shape index (κ1) is 6.07. The molecule has 4 nitrogen and oxygen atoms in total. The lowest BCUT2D eigenvalue weighted by Gasteiger charge is -1.98. The summed E-state index contributed by atoms with van der Waals surface area (Å²) in [7, 11) is 0. The molecule has 1 rings (SSSR count). The summed E-state index contributed by atoms with van der Waals surface area (Å²) in [4.78, 5) is 1.46. The molecule has 1 heterocycles. The van der Waals surface area contributed by atoms with Crippen LogP contribution in [-0.2, 0) is 0 Å². The van der Waals surface area contributed by atoms with Gasteiger partial charge in [0.15, 0.2) is 0 Å². The molecule has 1 N–H and O–H groups in total. The summed E-state index contributed by atoms with van der Waals surface area (Å²) in [5.41, 5.74) is 2.97. The number of aromatic nitrogens is 3. The summed E-state index contributed by atoms with van der Waals surface area (Å²) in [6.07, 6.45) is 4.37. The Labute approximate surface area is 53.8 Å². The second-order valence-corrected chi connectivity index (χ2v) is 1.73. The average Bonchev–Trinajstić information content (AvgIpc) is 2.34. The molecule has 9 heavy (non-hydrogen) atoms. The van der Waals surface area contributed by atoms with Gasteiger partial charge in [0, 0.05) is 6.54 Å². The van der Waals surface area contributed by atoms with Crippen molar-refractivity contribution in [2.45, 2.75) is 13.3 Å². The number of nitrogens with one attached hydrogen (secondary N) is 1. The van der Waals surface area contributed by atoms with E-state index < -0.39 is 0 Å². The average molecular weight is 126 g/mol. The van der Waals surface area contributed by atoms with Crippen LogP contribution in [-0.4, -0.2) is 21.6 Å². The molecule has 0 spiro atoms. The van der Waals surface area contributed by atoms with Crippen LogP contribution in [0.25, 0.3) is 0 Å². The van der Waals surface area contributed by atoms with Gasteiger partial charge in [0.05, 0.1) is 12.4 Å². The highest BCUT2D eigenvalue weighted by Gasteiger charge is 1.83. The van der Waals surface area contributed by atoms with Gasteiger partial charge in [-0.2, -0.15) is 0 Å². The molecule has 1 aromatic rings. The van der Waals surface area contributed by atoms with E-state index in [0.717, 1.165) is 13.0 Å². The molecule has 0 amide bonds. The monoisotopic (exact) mass is 126 g/mol. The third-order valence-corrected chi connectivity index (χ3v) is 0.922. The molecule has 0 atom stereocenters. The standard InChI is InChI=1S/C5H10N4/c1-2-3-6-9-7-4-5-8-9/h4-6H,2-3H2,1H3. The van der Waals surface area contributed by atoms with Crippen molar-refractivity contribution in [3.8, 4) is 0 Å². The van der Waals surface area contributed by atoms with Crippen LogP contribution in [0.3, 0.4) is 0 Å². The number of nitrogens with zero attached hydrogens (tertiary/aromatic N) is 3. The molecule has 0 aliphatic rings. The zero-order valence-corrected chi connectivity index (χ0v) is 5.41. The molecule has 50 valence electrons. The molecule has 0 bridgehead atoms. The van der Waals surface area contributed by atoms with Crippen LogP contribution in [0.2, 0.25) is 0 Å². The van der Waals surface area contributed by atoms with E-state index in [-0.39, 0.29) is 0 Å². The molecule has 0 aliphatic carbocycles. The van der Waals surface area contributed by atoms with Gasteiger partial charge in [-0.15, -0.1) is 10.2 Å². The van der Waals surface area contributed by atoms with E-state index in [2.05, 4.69) is 22.5 Å². The molecule has 0 unspecified atom stereocenters. The first-order valence-corrected chi connectivity index (χ1v) is 3.03. The molecule has 0 fully saturated rings. The molecule has 0 saturated heterocycles. The number of hydrogen-bond acceptors (Lipinski definition) is 3. The topological polar surface area (TPSA) is 42.7 Å². The fourth-order valence-corrected chi connectivity index (χ4v) is 0.509. The summed E-state index contributed by atoms with van der Waals surface area (Å²) in [5.74, 6) is 0. The summed E-state index contributed by atoms with van der Waals surface area (Å²) < 4.78 is 0. The van der Waals surface area contributed by atoms with Gasteiger partial charge < -0.3 is 0 Å². The van der Waals surface area contributed by atoms with Crippen molar-refractivity contribution in [2.75, 3.05) is 12.0 Å². The Hall–Kier alpha value is -1.06. The van der Waals surface area contributed by atoms with Crippen molar-refractivity contribution in [1.29, 1.82) is 0 Å². The fraction of sp³-hybridized carbons (Fsp3) is 0.600. The quantitative estimate of drug-likeness (QED) is 0.630. The largest absolute Gasteiger partial charge is 0.293 e. The first-order valence-electron chi connectivity index (χ1n) is 3.03. The molecular weight excluding hydrogens is 116 g/mol. The Balaban J connectivity index is 2.30. The molecule has 0 radical (unpaired) electrons. The summed E-state index contributed by atoms with van der Waals surface area (Å²) >= 11 is 0. The normalized spacial score (nSPS) is 9.44. The first-order chi connectivity index (χ1) is 4.43. The van der Waals surface area contributed by atoms with E-state index in [1.54, 1.807) is 12.4 Å². The highest BCUT2D eigenvalue weighted by atomic mass is 15.7. The van der Waals surface area contributed by atoms with Gasteiger partial charge >= 0.3 is 0 Å². The van der Waals surface area contributed by atoms with Gasteiger partial charge in [-0.1, -0.05) is 11.8 Å². The minimum atomic E-state index is 0.911. The van der Waals surface area contributed by atoms with Crippen LogP contribution in [0, 0.1) is 0 Å². The SMILES string of the molecule is CCCNn1nccn1. The molecule has 0 aliphatic heterocycles. The highest BCUT2D eigenvalue weighted by molar-refractivity contribution is 4.65. The Kier molecular flexibility index (Phi) is 2.06. The third-order valence-electron chi connectivity index (χ3n) is 0.922. The minimum absolute atomic E-state index is 0.911. The van der Waals surface area contributed by atoms with Crippen LogP contribution >= 0.6 is 0 Å². The van der Waals surface area contributed by atoms with Crippen molar-refractivity contribution < 1.29 is 0 Å². The predicted molar refractivity (Wildman–Crippen MR) is 34.5 cm³/mol. The van der Waals surface area contributed by atoms with Crippen LogP contribution in [0.15, 0.2) is 12.4 Å². The van der Waals surface area contributed by atoms with E-state index in [0.29, 0.717) is 0 Å². The van der Waals surface area contributed by atoms with Gasteiger partial charge in [-0.3, -0.25) is 5.43 Å². The van der Waals surface area contributed by atoms with E-state index in [9.17, 15) is 0 Å². The molecule has 0 saturated carbocycles. The Morgan fingerprint density at radius 1 is 1.44 bits per heavy atom. The van der Waals surface area contributed by atoms with Gasteiger partial charge in [0.2, 0.25) is 0 Å². The van der Waals surface area contributed by atoms with E-state index in [1.165, 1.54) is 4.91 Å². The van der Waals surface area contributed by atoms with Crippen molar-refractivity contribution in [1.82, 2.24) is 15.1 Å². The lowest BCUT2D eigenvalue weighted by atomic mass is 10.5. The molecule has 4 heteroatoms.